The Hall–Kier alpha value is -1.04. The predicted molar refractivity (Wildman–Crippen MR) is 68.9 cm³/mol. The highest BCUT2D eigenvalue weighted by Gasteiger charge is 2.16. The molecular formula is C15H22. The minimum atomic E-state index is 0.421. The van der Waals surface area contributed by atoms with E-state index in [4.69, 9.17) is 0 Å². The molecule has 0 heterocycles. The van der Waals surface area contributed by atoms with Crippen LogP contribution in [0.3, 0.4) is 0 Å². The van der Waals surface area contributed by atoms with Crippen LogP contribution in [-0.4, -0.2) is 0 Å². The van der Waals surface area contributed by atoms with Crippen LogP contribution in [0.5, 0.6) is 0 Å². The highest BCUT2D eigenvalue weighted by molar-refractivity contribution is 5.47. The molecule has 0 aliphatic rings. The van der Waals surface area contributed by atoms with Gasteiger partial charge < -0.3 is 0 Å². The van der Waals surface area contributed by atoms with E-state index in [9.17, 15) is 0 Å². The Labute approximate surface area is 94.0 Å². The molecule has 0 atom stereocenters. The van der Waals surface area contributed by atoms with Crippen LogP contribution in [0.4, 0.5) is 0 Å². The average Bonchev–Trinajstić information content (AvgIpc) is 2.18. The summed E-state index contributed by atoms with van der Waals surface area (Å²) in [5.41, 5.74) is 3.05. The van der Waals surface area contributed by atoms with E-state index < -0.39 is 0 Å². The molecular weight excluding hydrogens is 180 g/mol. The maximum Gasteiger partial charge on any atom is -0.0227 e. The van der Waals surface area contributed by atoms with E-state index in [0.717, 1.165) is 6.42 Å². The summed E-state index contributed by atoms with van der Waals surface area (Å²) in [5, 5.41) is 0. The molecule has 15 heavy (non-hydrogen) atoms. The third-order valence-electron chi connectivity index (χ3n) is 2.82. The van der Waals surface area contributed by atoms with Crippen LogP contribution < -0.4 is 0 Å². The lowest BCUT2D eigenvalue weighted by Gasteiger charge is -2.24. The Bertz CT molecular complexity index is 303. The van der Waals surface area contributed by atoms with E-state index in [1.165, 1.54) is 24.0 Å². The van der Waals surface area contributed by atoms with Crippen molar-refractivity contribution in [1.82, 2.24) is 0 Å². The molecule has 0 aliphatic heterocycles. The fourth-order valence-electron chi connectivity index (χ4n) is 2.09. The standard InChI is InChI=1S/C15H22/c1-5-11-15(3,4)12-14-9-7-13(6-2)8-10-14/h6-10H,2,5,11-12H2,1,3-4H3. The third kappa shape index (κ3) is 3.91. The number of hydrogen-bond acceptors (Lipinski definition) is 0. The Morgan fingerprint density at radius 3 is 2.27 bits per heavy atom. The maximum absolute atomic E-state index is 3.76. The SMILES string of the molecule is C=Cc1ccc(CC(C)(C)CCC)cc1. The van der Waals surface area contributed by atoms with Crippen molar-refractivity contribution in [1.29, 1.82) is 0 Å². The maximum atomic E-state index is 3.76. The second-order valence-electron chi connectivity index (χ2n) is 5.04. The Morgan fingerprint density at radius 1 is 1.20 bits per heavy atom. The highest BCUT2D eigenvalue weighted by atomic mass is 14.2. The Morgan fingerprint density at radius 2 is 1.80 bits per heavy atom. The van der Waals surface area contributed by atoms with E-state index in [1.807, 2.05) is 6.08 Å². The van der Waals surface area contributed by atoms with Gasteiger partial charge in [0.25, 0.3) is 0 Å². The van der Waals surface area contributed by atoms with Gasteiger partial charge in [0.05, 0.1) is 0 Å². The number of benzene rings is 1. The molecule has 0 saturated carbocycles. The lowest BCUT2D eigenvalue weighted by atomic mass is 9.82. The lowest BCUT2D eigenvalue weighted by molar-refractivity contribution is 0.329. The fraction of sp³-hybridized carbons (Fsp3) is 0.467. The second kappa shape index (κ2) is 5.16. The molecule has 0 amide bonds. The lowest BCUT2D eigenvalue weighted by Crippen LogP contribution is -2.14. The summed E-state index contributed by atoms with van der Waals surface area (Å²) >= 11 is 0. The summed E-state index contributed by atoms with van der Waals surface area (Å²) in [6.07, 6.45) is 5.60. The van der Waals surface area contributed by atoms with Gasteiger partial charge in [-0.25, -0.2) is 0 Å². The van der Waals surface area contributed by atoms with Crippen molar-refractivity contribution in [3.8, 4) is 0 Å². The average molecular weight is 202 g/mol. The van der Waals surface area contributed by atoms with Gasteiger partial charge >= 0.3 is 0 Å². The summed E-state index contributed by atoms with van der Waals surface area (Å²) < 4.78 is 0. The normalized spacial score (nSPS) is 11.4. The zero-order valence-corrected chi connectivity index (χ0v) is 10.2. The van der Waals surface area contributed by atoms with E-state index in [0.29, 0.717) is 5.41 Å². The summed E-state index contributed by atoms with van der Waals surface area (Å²) in [7, 11) is 0. The van der Waals surface area contributed by atoms with Crippen molar-refractivity contribution < 1.29 is 0 Å². The van der Waals surface area contributed by atoms with Gasteiger partial charge in [0.2, 0.25) is 0 Å². The first-order valence-corrected chi connectivity index (χ1v) is 5.79. The molecule has 0 aromatic heterocycles. The zero-order valence-electron chi connectivity index (χ0n) is 10.2. The molecule has 1 aromatic rings. The smallest absolute Gasteiger partial charge is 0.0227 e. The van der Waals surface area contributed by atoms with Gasteiger partial charge in [-0.1, -0.05) is 64.1 Å². The first-order valence-electron chi connectivity index (χ1n) is 5.79. The minimum absolute atomic E-state index is 0.421. The van der Waals surface area contributed by atoms with Crippen molar-refractivity contribution in [2.75, 3.05) is 0 Å². The molecule has 0 radical (unpaired) electrons. The van der Waals surface area contributed by atoms with Crippen molar-refractivity contribution >= 4 is 6.08 Å². The summed E-state index contributed by atoms with van der Waals surface area (Å²) in [5.74, 6) is 0. The molecule has 0 bridgehead atoms. The van der Waals surface area contributed by atoms with Crippen LogP contribution in [0.2, 0.25) is 0 Å². The Kier molecular flexibility index (Phi) is 4.14. The van der Waals surface area contributed by atoms with Gasteiger partial charge in [-0.15, -0.1) is 0 Å². The quantitative estimate of drug-likeness (QED) is 0.649. The molecule has 82 valence electrons. The predicted octanol–water partition coefficient (Wildman–Crippen LogP) is 4.70. The molecule has 0 spiro atoms. The molecule has 0 N–H and O–H groups in total. The monoisotopic (exact) mass is 202 g/mol. The van der Waals surface area contributed by atoms with Crippen LogP contribution in [0.25, 0.3) is 6.08 Å². The molecule has 1 rings (SSSR count). The molecule has 0 nitrogen and oxygen atoms in total. The van der Waals surface area contributed by atoms with Gasteiger partial charge in [0.15, 0.2) is 0 Å². The number of rotatable bonds is 5. The first kappa shape index (κ1) is 12.0. The Balaban J connectivity index is 2.68. The topological polar surface area (TPSA) is 0 Å². The van der Waals surface area contributed by atoms with Gasteiger partial charge in [0, 0.05) is 0 Å². The van der Waals surface area contributed by atoms with Crippen LogP contribution in [0, 0.1) is 5.41 Å². The molecule has 0 aliphatic carbocycles. The van der Waals surface area contributed by atoms with Crippen molar-refractivity contribution in [3.63, 3.8) is 0 Å². The summed E-state index contributed by atoms with van der Waals surface area (Å²) in [6, 6.07) is 8.72. The van der Waals surface area contributed by atoms with Crippen LogP contribution in [-0.2, 0) is 6.42 Å². The zero-order chi connectivity index (χ0) is 11.3. The van der Waals surface area contributed by atoms with Crippen molar-refractivity contribution in [2.24, 2.45) is 5.41 Å². The molecule has 0 unspecified atom stereocenters. The van der Waals surface area contributed by atoms with Crippen molar-refractivity contribution in [2.45, 2.75) is 40.0 Å². The first-order chi connectivity index (χ1) is 7.07. The molecule has 0 saturated heterocycles. The van der Waals surface area contributed by atoms with E-state index in [1.54, 1.807) is 0 Å². The van der Waals surface area contributed by atoms with Crippen molar-refractivity contribution in [3.05, 3.63) is 42.0 Å². The van der Waals surface area contributed by atoms with Gasteiger partial charge in [-0.3, -0.25) is 0 Å². The van der Waals surface area contributed by atoms with E-state index >= 15 is 0 Å². The molecule has 1 aromatic carbocycles. The van der Waals surface area contributed by atoms with Crippen LogP contribution in [0.15, 0.2) is 30.8 Å². The molecule has 0 fully saturated rings. The van der Waals surface area contributed by atoms with Crippen LogP contribution in [0.1, 0.15) is 44.7 Å². The second-order valence-corrected chi connectivity index (χ2v) is 5.04. The van der Waals surface area contributed by atoms with E-state index in [-0.39, 0.29) is 0 Å². The highest BCUT2D eigenvalue weighted by Crippen LogP contribution is 2.27. The van der Waals surface area contributed by atoms with Gasteiger partial charge in [0.1, 0.15) is 0 Å². The largest absolute Gasteiger partial charge is 0.0985 e. The minimum Gasteiger partial charge on any atom is -0.0985 e. The third-order valence-corrected chi connectivity index (χ3v) is 2.82. The van der Waals surface area contributed by atoms with E-state index in [2.05, 4.69) is 51.6 Å². The summed E-state index contributed by atoms with van der Waals surface area (Å²) in [6.45, 7) is 10.7. The van der Waals surface area contributed by atoms with Gasteiger partial charge in [-0.05, 0) is 29.4 Å². The fourth-order valence-corrected chi connectivity index (χ4v) is 2.09. The van der Waals surface area contributed by atoms with Crippen LogP contribution >= 0.6 is 0 Å². The summed E-state index contributed by atoms with van der Waals surface area (Å²) in [4.78, 5) is 0. The number of hydrogen-bond donors (Lipinski definition) is 0. The molecule has 0 heteroatoms. The van der Waals surface area contributed by atoms with Gasteiger partial charge in [-0.2, -0.15) is 0 Å².